The number of hydrogen-bond donors (Lipinski definition) is 0. The Kier molecular flexibility index (Phi) is 4.10. The van der Waals surface area contributed by atoms with Crippen LogP contribution in [0.3, 0.4) is 0 Å². The Morgan fingerprint density at radius 3 is 2.02 bits per heavy atom. The van der Waals surface area contributed by atoms with Gasteiger partial charge in [0.15, 0.2) is 5.58 Å². The van der Waals surface area contributed by atoms with Crippen LogP contribution in [0, 0.1) is 0 Å². The summed E-state index contributed by atoms with van der Waals surface area (Å²) in [6.07, 6.45) is 0. The summed E-state index contributed by atoms with van der Waals surface area (Å²) in [4.78, 5) is 0. The molecule has 0 radical (unpaired) electrons. The normalized spacial score (nSPS) is 12.4. The van der Waals surface area contributed by atoms with Crippen molar-refractivity contribution in [3.63, 3.8) is 0 Å². The van der Waals surface area contributed by atoms with Crippen LogP contribution in [0.4, 0.5) is 0 Å². The molecule has 0 fully saturated rings. The Morgan fingerprint density at radius 2 is 1.15 bits per heavy atom. The first-order valence-electron chi connectivity index (χ1n) is 14.0. The maximum atomic E-state index is 6.83. The van der Waals surface area contributed by atoms with Crippen LogP contribution in [0.2, 0.25) is 0 Å². The molecule has 0 saturated heterocycles. The van der Waals surface area contributed by atoms with Gasteiger partial charge >= 0.3 is 0 Å². The number of thiophene rings is 1. The number of benzene rings is 7. The lowest BCUT2D eigenvalue weighted by molar-refractivity contribution is 0.671. The highest BCUT2D eigenvalue weighted by Crippen LogP contribution is 2.48. The minimum absolute atomic E-state index is 0.918. The first kappa shape index (κ1) is 21.7. The lowest BCUT2D eigenvalue weighted by Crippen LogP contribution is -1.95. The molecule has 7 aromatic carbocycles. The Bertz CT molecular complexity index is 2700. The largest absolute Gasteiger partial charge is 0.454 e. The molecule has 0 atom stereocenters. The maximum absolute atomic E-state index is 6.83. The number of nitrogens with zero attached hydrogens (tertiary/aromatic N) is 1. The second kappa shape index (κ2) is 7.75. The molecule has 3 heterocycles. The highest BCUT2D eigenvalue weighted by molar-refractivity contribution is 7.26. The van der Waals surface area contributed by atoms with Crippen molar-refractivity contribution in [1.29, 1.82) is 0 Å². The van der Waals surface area contributed by atoms with E-state index in [0.717, 1.165) is 22.1 Å². The van der Waals surface area contributed by atoms with Gasteiger partial charge in [0.1, 0.15) is 5.58 Å². The quantitative estimate of drug-likeness (QED) is 0.203. The van der Waals surface area contributed by atoms with Crippen molar-refractivity contribution in [2.24, 2.45) is 0 Å². The third-order valence-corrected chi connectivity index (χ3v) is 9.96. The third kappa shape index (κ3) is 2.71. The molecule has 3 heteroatoms. The number of aromatic nitrogens is 1. The van der Waals surface area contributed by atoms with Crippen molar-refractivity contribution in [2.45, 2.75) is 0 Å². The minimum Gasteiger partial charge on any atom is -0.454 e. The molecule has 0 amide bonds. The van der Waals surface area contributed by atoms with Gasteiger partial charge in [-0.2, -0.15) is 0 Å². The molecule has 0 bridgehead atoms. The van der Waals surface area contributed by atoms with E-state index in [1.807, 2.05) is 11.3 Å². The van der Waals surface area contributed by atoms with Crippen LogP contribution >= 0.6 is 11.3 Å². The highest BCUT2D eigenvalue weighted by atomic mass is 32.1. The van der Waals surface area contributed by atoms with Crippen LogP contribution in [0.15, 0.2) is 132 Å². The van der Waals surface area contributed by atoms with Gasteiger partial charge in [-0.3, -0.25) is 0 Å². The van der Waals surface area contributed by atoms with Crippen molar-refractivity contribution < 1.29 is 4.42 Å². The van der Waals surface area contributed by atoms with Crippen molar-refractivity contribution in [1.82, 2.24) is 4.57 Å². The Labute approximate surface area is 238 Å². The van der Waals surface area contributed by atoms with Crippen molar-refractivity contribution in [3.8, 4) is 5.69 Å². The molecule has 10 aromatic rings. The molecule has 190 valence electrons. The average Bonchev–Trinajstić information content (AvgIpc) is 3.71. The molecule has 0 saturated carbocycles. The van der Waals surface area contributed by atoms with Crippen LogP contribution in [0.5, 0.6) is 0 Å². The first-order chi connectivity index (χ1) is 20.4. The summed E-state index contributed by atoms with van der Waals surface area (Å²) in [6, 6.07) is 46.1. The Morgan fingerprint density at radius 1 is 0.463 bits per heavy atom. The summed E-state index contributed by atoms with van der Waals surface area (Å²) < 4.78 is 11.9. The van der Waals surface area contributed by atoms with Gasteiger partial charge in [0, 0.05) is 42.4 Å². The van der Waals surface area contributed by atoms with Crippen LogP contribution in [0.1, 0.15) is 0 Å². The average molecular weight is 540 g/mol. The van der Waals surface area contributed by atoms with E-state index in [1.165, 1.54) is 69.1 Å². The SMILES string of the molecule is c1ccc2c(c1)ccc1c3c4ccccc4c4c5ccccc5oc4c3n(-c3cccc4c3sc3ccccc34)c21. The Balaban J connectivity index is 1.56. The fourth-order valence-corrected chi connectivity index (χ4v) is 8.29. The van der Waals surface area contributed by atoms with Gasteiger partial charge in [-0.15, -0.1) is 11.3 Å². The fraction of sp³-hybridized carbons (Fsp3) is 0. The molecule has 0 aliphatic rings. The van der Waals surface area contributed by atoms with Crippen LogP contribution in [-0.2, 0) is 0 Å². The number of rotatable bonds is 1. The van der Waals surface area contributed by atoms with E-state index in [2.05, 4.69) is 132 Å². The van der Waals surface area contributed by atoms with Crippen LogP contribution < -0.4 is 0 Å². The third-order valence-electron chi connectivity index (χ3n) is 8.75. The van der Waals surface area contributed by atoms with Crippen molar-refractivity contribution >= 4 is 96.8 Å². The van der Waals surface area contributed by atoms with Gasteiger partial charge in [0.05, 0.1) is 21.4 Å². The zero-order chi connectivity index (χ0) is 26.7. The molecule has 3 aromatic heterocycles. The van der Waals surface area contributed by atoms with Gasteiger partial charge in [-0.05, 0) is 34.4 Å². The van der Waals surface area contributed by atoms with Gasteiger partial charge in [0.2, 0.25) is 0 Å². The monoisotopic (exact) mass is 539 g/mol. The van der Waals surface area contributed by atoms with Crippen LogP contribution in [0.25, 0.3) is 91.1 Å². The molecule has 0 aliphatic carbocycles. The van der Waals surface area contributed by atoms with E-state index in [0.29, 0.717) is 0 Å². The van der Waals surface area contributed by atoms with Crippen molar-refractivity contribution in [3.05, 3.63) is 127 Å². The summed E-state index contributed by atoms with van der Waals surface area (Å²) in [5.41, 5.74) is 5.41. The van der Waals surface area contributed by atoms with E-state index in [-0.39, 0.29) is 0 Å². The zero-order valence-electron chi connectivity index (χ0n) is 21.9. The predicted octanol–water partition coefficient (Wildman–Crippen LogP) is 11.4. The summed E-state index contributed by atoms with van der Waals surface area (Å²) in [5.74, 6) is 0. The molecule has 0 aliphatic heterocycles. The molecular weight excluding hydrogens is 518 g/mol. The highest BCUT2D eigenvalue weighted by Gasteiger charge is 2.25. The lowest BCUT2D eigenvalue weighted by atomic mass is 9.98. The molecule has 2 nitrogen and oxygen atoms in total. The second-order valence-corrected chi connectivity index (χ2v) is 11.9. The van der Waals surface area contributed by atoms with Gasteiger partial charge in [0.25, 0.3) is 0 Å². The smallest absolute Gasteiger partial charge is 0.160 e. The topological polar surface area (TPSA) is 18.1 Å². The van der Waals surface area contributed by atoms with Gasteiger partial charge < -0.3 is 8.98 Å². The summed E-state index contributed by atoms with van der Waals surface area (Å²) in [7, 11) is 0. The van der Waals surface area contributed by atoms with Gasteiger partial charge in [-0.1, -0.05) is 109 Å². The molecule has 0 unspecified atom stereocenters. The lowest BCUT2D eigenvalue weighted by Gasteiger charge is -2.12. The summed E-state index contributed by atoms with van der Waals surface area (Å²) in [6.45, 7) is 0. The number of furan rings is 1. The maximum Gasteiger partial charge on any atom is 0.160 e. The molecule has 10 rings (SSSR count). The molecule has 41 heavy (non-hydrogen) atoms. The predicted molar refractivity (Wildman–Crippen MR) is 176 cm³/mol. The summed E-state index contributed by atoms with van der Waals surface area (Å²) in [5, 5.41) is 12.4. The number of hydrogen-bond acceptors (Lipinski definition) is 2. The fourth-order valence-electron chi connectivity index (χ4n) is 7.08. The van der Waals surface area contributed by atoms with E-state index in [1.54, 1.807) is 0 Å². The second-order valence-electron chi connectivity index (χ2n) is 10.8. The standard InChI is InChI=1S/C38H21NOS/c1-2-11-23-22(10-1)20-21-29-33-25-13-3-4-14-26(25)34-28-15-5-7-18-31(28)40-37(34)36(33)39(35(23)29)30-17-9-16-27-24-12-6-8-19-32(24)41-38(27)30/h1-21H. The van der Waals surface area contributed by atoms with E-state index in [9.17, 15) is 0 Å². The zero-order valence-corrected chi connectivity index (χ0v) is 22.7. The molecule has 0 N–H and O–H groups in total. The van der Waals surface area contributed by atoms with Gasteiger partial charge in [-0.25, -0.2) is 0 Å². The summed E-state index contributed by atoms with van der Waals surface area (Å²) >= 11 is 1.87. The van der Waals surface area contributed by atoms with Crippen molar-refractivity contribution in [2.75, 3.05) is 0 Å². The molecular formula is C38H21NOS. The Hall–Kier alpha value is -5.12. The van der Waals surface area contributed by atoms with E-state index >= 15 is 0 Å². The minimum atomic E-state index is 0.918. The van der Waals surface area contributed by atoms with E-state index < -0.39 is 0 Å². The van der Waals surface area contributed by atoms with Crippen LogP contribution in [-0.4, -0.2) is 4.57 Å². The number of para-hydroxylation sites is 1. The first-order valence-corrected chi connectivity index (χ1v) is 14.8. The van der Waals surface area contributed by atoms with E-state index in [4.69, 9.17) is 4.42 Å². The molecule has 0 spiro atoms. The number of fused-ring (bicyclic) bond motifs is 15.